The summed E-state index contributed by atoms with van der Waals surface area (Å²) in [5.41, 5.74) is 2.73. The van der Waals surface area contributed by atoms with Crippen LogP contribution in [0, 0.1) is 0 Å². The average molecular weight is 322 g/mol. The number of benzene rings is 2. The summed E-state index contributed by atoms with van der Waals surface area (Å²) in [5.74, 6) is 0.249. The first-order chi connectivity index (χ1) is 11.7. The summed E-state index contributed by atoms with van der Waals surface area (Å²) in [7, 11) is 0. The number of carbonyl (C=O) groups is 1. The lowest BCUT2D eigenvalue weighted by Crippen LogP contribution is -2.31. The van der Waals surface area contributed by atoms with Crippen molar-refractivity contribution in [2.75, 3.05) is 11.9 Å². The molecule has 1 unspecified atom stereocenters. The van der Waals surface area contributed by atoms with Crippen molar-refractivity contribution < 1.29 is 4.79 Å². The van der Waals surface area contributed by atoms with Gasteiger partial charge in [-0.1, -0.05) is 37.3 Å². The van der Waals surface area contributed by atoms with Gasteiger partial charge in [-0.2, -0.15) is 0 Å². The Morgan fingerprint density at radius 1 is 1.12 bits per heavy atom. The van der Waals surface area contributed by atoms with E-state index in [4.69, 9.17) is 0 Å². The summed E-state index contributed by atoms with van der Waals surface area (Å²) >= 11 is 0. The van der Waals surface area contributed by atoms with E-state index in [0.29, 0.717) is 12.2 Å². The highest BCUT2D eigenvalue weighted by Crippen LogP contribution is 2.14. The molecule has 0 aliphatic heterocycles. The monoisotopic (exact) mass is 322 g/mol. The van der Waals surface area contributed by atoms with Gasteiger partial charge in [0.05, 0.1) is 5.69 Å². The molecule has 2 amide bonds. The van der Waals surface area contributed by atoms with Gasteiger partial charge in [0.1, 0.15) is 6.33 Å². The maximum absolute atomic E-state index is 12.0. The highest BCUT2D eigenvalue weighted by molar-refractivity contribution is 5.89. The van der Waals surface area contributed by atoms with Crippen molar-refractivity contribution in [1.82, 2.24) is 25.5 Å². The zero-order valence-corrected chi connectivity index (χ0v) is 13.3. The van der Waals surface area contributed by atoms with E-state index >= 15 is 0 Å². The van der Waals surface area contributed by atoms with Crippen LogP contribution in [0.15, 0.2) is 60.9 Å². The van der Waals surface area contributed by atoms with E-state index in [1.807, 2.05) is 30.3 Å². The number of hydrogen-bond acceptors (Lipinski definition) is 4. The number of aromatic nitrogens is 4. The van der Waals surface area contributed by atoms with Crippen molar-refractivity contribution in [2.24, 2.45) is 0 Å². The fourth-order valence-corrected chi connectivity index (χ4v) is 2.30. The molecule has 0 spiro atoms. The van der Waals surface area contributed by atoms with E-state index < -0.39 is 0 Å². The summed E-state index contributed by atoms with van der Waals surface area (Å²) < 4.78 is 1.55. The number of tetrazole rings is 1. The number of amides is 2. The van der Waals surface area contributed by atoms with Gasteiger partial charge >= 0.3 is 6.03 Å². The number of rotatable bonds is 5. The van der Waals surface area contributed by atoms with Crippen LogP contribution < -0.4 is 10.6 Å². The van der Waals surface area contributed by atoms with Crippen LogP contribution in [0.2, 0.25) is 0 Å². The standard InChI is InChI=1S/C17H18N6O/c1-13(14-5-3-2-4-6-14)11-18-17(24)20-15-7-9-16(10-8-15)23-12-19-21-22-23/h2-10,12-13H,11H2,1H3,(H2,18,20,24). The molecule has 3 aromatic rings. The van der Waals surface area contributed by atoms with Gasteiger partial charge in [-0.25, -0.2) is 9.48 Å². The molecule has 7 heteroatoms. The van der Waals surface area contributed by atoms with Crippen LogP contribution in [0.5, 0.6) is 0 Å². The zero-order chi connectivity index (χ0) is 16.8. The molecule has 1 atom stereocenters. The molecule has 3 rings (SSSR count). The second-order valence-electron chi connectivity index (χ2n) is 5.45. The molecule has 24 heavy (non-hydrogen) atoms. The predicted molar refractivity (Wildman–Crippen MR) is 91.0 cm³/mol. The van der Waals surface area contributed by atoms with Crippen LogP contribution in [-0.2, 0) is 0 Å². The van der Waals surface area contributed by atoms with Crippen molar-refractivity contribution in [3.05, 3.63) is 66.5 Å². The summed E-state index contributed by atoms with van der Waals surface area (Å²) in [6, 6.07) is 17.1. The SMILES string of the molecule is CC(CNC(=O)Nc1ccc(-n2cnnn2)cc1)c1ccccc1. The summed E-state index contributed by atoms with van der Waals surface area (Å²) in [5, 5.41) is 16.7. The third-order valence-electron chi connectivity index (χ3n) is 3.68. The first-order valence-corrected chi connectivity index (χ1v) is 7.65. The highest BCUT2D eigenvalue weighted by Gasteiger charge is 2.07. The minimum Gasteiger partial charge on any atom is -0.337 e. The van der Waals surface area contributed by atoms with Crippen LogP contribution in [-0.4, -0.2) is 32.8 Å². The average Bonchev–Trinajstić information content (AvgIpc) is 3.16. The molecular weight excluding hydrogens is 304 g/mol. The van der Waals surface area contributed by atoms with E-state index in [0.717, 1.165) is 5.69 Å². The fourth-order valence-electron chi connectivity index (χ4n) is 2.30. The molecule has 1 heterocycles. The van der Waals surface area contributed by atoms with E-state index in [1.165, 1.54) is 11.9 Å². The van der Waals surface area contributed by atoms with Crippen LogP contribution in [0.3, 0.4) is 0 Å². The zero-order valence-electron chi connectivity index (χ0n) is 13.3. The van der Waals surface area contributed by atoms with E-state index in [9.17, 15) is 4.79 Å². The minimum absolute atomic E-state index is 0.229. The van der Waals surface area contributed by atoms with Gasteiger partial charge in [0, 0.05) is 12.2 Å². The molecule has 2 N–H and O–H groups in total. The molecule has 7 nitrogen and oxygen atoms in total. The Morgan fingerprint density at radius 2 is 1.88 bits per heavy atom. The summed E-state index contributed by atoms with van der Waals surface area (Å²) in [4.78, 5) is 12.0. The van der Waals surface area contributed by atoms with Crippen molar-refractivity contribution in [2.45, 2.75) is 12.8 Å². The lowest BCUT2D eigenvalue weighted by Gasteiger charge is -2.13. The number of carbonyl (C=O) groups excluding carboxylic acids is 1. The number of nitrogens with zero attached hydrogens (tertiary/aromatic N) is 4. The second kappa shape index (κ2) is 7.36. The molecule has 2 aromatic carbocycles. The maximum Gasteiger partial charge on any atom is 0.319 e. The van der Waals surface area contributed by atoms with Crippen LogP contribution in [0.25, 0.3) is 5.69 Å². The van der Waals surface area contributed by atoms with Gasteiger partial charge in [0.25, 0.3) is 0 Å². The molecule has 0 saturated heterocycles. The minimum atomic E-state index is -0.229. The molecule has 0 saturated carbocycles. The third-order valence-corrected chi connectivity index (χ3v) is 3.68. The Morgan fingerprint density at radius 3 is 2.54 bits per heavy atom. The molecule has 0 aliphatic rings. The lowest BCUT2D eigenvalue weighted by atomic mass is 10.0. The van der Waals surface area contributed by atoms with Crippen molar-refractivity contribution in [1.29, 1.82) is 0 Å². The lowest BCUT2D eigenvalue weighted by molar-refractivity contribution is 0.251. The Balaban J connectivity index is 1.51. The predicted octanol–water partition coefficient (Wildman–Crippen LogP) is 2.59. The van der Waals surface area contributed by atoms with E-state index in [-0.39, 0.29) is 11.9 Å². The smallest absolute Gasteiger partial charge is 0.319 e. The van der Waals surface area contributed by atoms with Gasteiger partial charge < -0.3 is 10.6 Å². The molecule has 0 radical (unpaired) electrons. The summed E-state index contributed by atoms with van der Waals surface area (Å²) in [6.45, 7) is 2.65. The normalized spacial score (nSPS) is 11.7. The molecule has 0 fully saturated rings. The first-order valence-electron chi connectivity index (χ1n) is 7.65. The maximum atomic E-state index is 12.0. The fraction of sp³-hybridized carbons (Fsp3) is 0.176. The summed E-state index contributed by atoms with van der Waals surface area (Å²) in [6.07, 6.45) is 1.51. The first kappa shape index (κ1) is 15.7. The van der Waals surface area contributed by atoms with E-state index in [1.54, 1.807) is 16.8 Å². The van der Waals surface area contributed by atoms with Gasteiger partial charge in [0.15, 0.2) is 0 Å². The van der Waals surface area contributed by atoms with Crippen LogP contribution >= 0.6 is 0 Å². The number of urea groups is 1. The van der Waals surface area contributed by atoms with Gasteiger partial charge in [-0.15, -0.1) is 5.10 Å². The Labute approximate surface area is 139 Å². The quantitative estimate of drug-likeness (QED) is 0.756. The van der Waals surface area contributed by atoms with Crippen molar-refractivity contribution in [3.8, 4) is 5.69 Å². The molecular formula is C17H18N6O. The molecule has 0 bridgehead atoms. The van der Waals surface area contributed by atoms with Crippen LogP contribution in [0.4, 0.5) is 10.5 Å². The van der Waals surface area contributed by atoms with Crippen LogP contribution in [0.1, 0.15) is 18.4 Å². The van der Waals surface area contributed by atoms with Crippen molar-refractivity contribution >= 4 is 11.7 Å². The van der Waals surface area contributed by atoms with Gasteiger partial charge in [-0.05, 0) is 46.2 Å². The number of hydrogen-bond donors (Lipinski definition) is 2. The Bertz CT molecular complexity index is 771. The molecule has 122 valence electrons. The van der Waals surface area contributed by atoms with Gasteiger partial charge in [-0.3, -0.25) is 0 Å². The largest absolute Gasteiger partial charge is 0.337 e. The topological polar surface area (TPSA) is 84.7 Å². The number of nitrogens with one attached hydrogen (secondary N) is 2. The third kappa shape index (κ3) is 3.95. The highest BCUT2D eigenvalue weighted by atomic mass is 16.2. The second-order valence-corrected chi connectivity index (χ2v) is 5.45. The van der Waals surface area contributed by atoms with Crippen molar-refractivity contribution in [3.63, 3.8) is 0 Å². The molecule has 0 aliphatic carbocycles. The Kier molecular flexibility index (Phi) is 4.81. The van der Waals surface area contributed by atoms with E-state index in [2.05, 4.69) is 45.2 Å². The Hall–Kier alpha value is -3.22. The van der Waals surface area contributed by atoms with Gasteiger partial charge in [0.2, 0.25) is 0 Å². The number of anilines is 1. The molecule has 1 aromatic heterocycles.